The van der Waals surface area contributed by atoms with Crippen LogP contribution in [-0.4, -0.2) is 32.9 Å². The lowest BCUT2D eigenvalue weighted by atomic mass is 9.95. The Bertz CT molecular complexity index is 1650. The van der Waals surface area contributed by atoms with Gasteiger partial charge in [0, 0.05) is 41.9 Å². The molecule has 0 aliphatic carbocycles. The lowest BCUT2D eigenvalue weighted by molar-refractivity contribution is -0.128. The van der Waals surface area contributed by atoms with E-state index in [0.29, 0.717) is 48.2 Å². The van der Waals surface area contributed by atoms with Crippen molar-refractivity contribution in [3.8, 4) is 0 Å². The first kappa shape index (κ1) is 29.4. The molecule has 0 saturated heterocycles. The topological polar surface area (TPSA) is 92.2 Å². The van der Waals surface area contributed by atoms with Crippen LogP contribution in [0.5, 0.6) is 0 Å². The summed E-state index contributed by atoms with van der Waals surface area (Å²) >= 11 is 15.2. The number of fused-ring (bicyclic) bond motifs is 2. The maximum Gasteiger partial charge on any atom is 0.253 e. The van der Waals surface area contributed by atoms with E-state index in [1.54, 1.807) is 17.4 Å². The van der Waals surface area contributed by atoms with E-state index in [4.69, 9.17) is 28.2 Å². The number of carbonyl (C=O) groups is 2. The number of imidazole rings is 1. The molecule has 1 aliphatic rings. The molecule has 3 heterocycles. The van der Waals surface area contributed by atoms with Gasteiger partial charge < -0.3 is 20.1 Å². The van der Waals surface area contributed by atoms with Crippen LogP contribution < -0.4 is 15.5 Å². The minimum Gasteiger partial charge on any atom is -0.360 e. The minimum absolute atomic E-state index is 0.0573. The van der Waals surface area contributed by atoms with Crippen LogP contribution >= 0.6 is 34.5 Å². The molecule has 0 unspecified atom stereocenters. The minimum atomic E-state index is -0.503. The predicted molar refractivity (Wildman–Crippen MR) is 166 cm³/mol. The van der Waals surface area contributed by atoms with Crippen molar-refractivity contribution in [3.05, 3.63) is 72.4 Å². The van der Waals surface area contributed by atoms with Crippen molar-refractivity contribution in [1.82, 2.24) is 25.2 Å². The van der Waals surface area contributed by atoms with Crippen molar-refractivity contribution in [2.75, 3.05) is 11.4 Å². The number of nitrogens with one attached hydrogen (secondary N) is 2. The average molecular weight is 614 g/mol. The first-order chi connectivity index (χ1) is 19.4. The van der Waals surface area contributed by atoms with Gasteiger partial charge in [-0.15, -0.1) is 11.3 Å². The number of halogens is 2. The second-order valence-electron chi connectivity index (χ2n) is 11.4. The normalized spacial score (nSPS) is 13.1. The standard InChI is InChI=1S/C30H34Cl2N6O2S/c1-7-33-28(39)19-10-21-24(12-23(19)38-14-22-25(15-38)41-16(2)35-22)37(6)26(36-21)11-18-20(31)9-8-17(27(18)32)13-34-29(40)30(3,4)5/h8-10,12H,7,11,13-15H2,1-6H3,(H,33,39)(H,34,40). The third-order valence-electron chi connectivity index (χ3n) is 7.30. The molecule has 5 rings (SSSR count). The van der Waals surface area contributed by atoms with E-state index in [2.05, 4.69) is 20.5 Å². The third-order valence-corrected chi connectivity index (χ3v) is 9.12. The van der Waals surface area contributed by atoms with Gasteiger partial charge in [-0.3, -0.25) is 9.59 Å². The number of carbonyl (C=O) groups excluding carboxylic acids is 2. The fourth-order valence-corrected chi connectivity index (χ4v) is 6.55. The highest BCUT2D eigenvalue weighted by Crippen LogP contribution is 2.37. The molecule has 0 fully saturated rings. The fourth-order valence-electron chi connectivity index (χ4n) is 5.02. The van der Waals surface area contributed by atoms with Crippen molar-refractivity contribution >= 4 is 63.1 Å². The third kappa shape index (κ3) is 5.80. The molecular weight excluding hydrogens is 579 g/mol. The van der Waals surface area contributed by atoms with Gasteiger partial charge in [0.15, 0.2) is 0 Å². The molecular formula is C30H34Cl2N6O2S. The van der Waals surface area contributed by atoms with E-state index in [1.807, 2.05) is 64.4 Å². The van der Waals surface area contributed by atoms with Crippen molar-refractivity contribution in [3.63, 3.8) is 0 Å². The number of amides is 2. The van der Waals surface area contributed by atoms with Crippen LogP contribution in [0.15, 0.2) is 24.3 Å². The second-order valence-corrected chi connectivity index (χ2v) is 13.4. The van der Waals surface area contributed by atoms with Crippen LogP contribution in [0.1, 0.15) is 70.6 Å². The lowest BCUT2D eigenvalue weighted by Crippen LogP contribution is -2.34. The number of aryl methyl sites for hydroxylation is 2. The SMILES string of the molecule is CCNC(=O)c1cc2nc(Cc3c(Cl)ccc(CNC(=O)C(C)(C)C)c3Cl)n(C)c2cc1N1Cc2nc(C)sc2C1. The van der Waals surface area contributed by atoms with Crippen LogP contribution in [0.2, 0.25) is 10.0 Å². The van der Waals surface area contributed by atoms with Gasteiger partial charge in [0.25, 0.3) is 5.91 Å². The summed E-state index contributed by atoms with van der Waals surface area (Å²) in [5.74, 6) is 0.571. The van der Waals surface area contributed by atoms with Crippen molar-refractivity contribution < 1.29 is 9.59 Å². The molecule has 4 aromatic rings. The molecule has 0 spiro atoms. The van der Waals surface area contributed by atoms with Gasteiger partial charge in [0.2, 0.25) is 5.91 Å². The van der Waals surface area contributed by atoms with Crippen LogP contribution in [0.4, 0.5) is 5.69 Å². The summed E-state index contributed by atoms with van der Waals surface area (Å²) < 4.78 is 2.02. The highest BCUT2D eigenvalue weighted by molar-refractivity contribution is 7.11. The van der Waals surface area contributed by atoms with E-state index in [9.17, 15) is 9.59 Å². The van der Waals surface area contributed by atoms with Crippen molar-refractivity contribution in [2.24, 2.45) is 12.5 Å². The Morgan fingerprint density at radius 1 is 1.10 bits per heavy atom. The number of thiazole rings is 1. The van der Waals surface area contributed by atoms with Gasteiger partial charge in [-0.25, -0.2) is 9.97 Å². The molecule has 41 heavy (non-hydrogen) atoms. The first-order valence-corrected chi connectivity index (χ1v) is 15.2. The molecule has 2 N–H and O–H groups in total. The van der Waals surface area contributed by atoms with Crippen molar-refractivity contribution in [1.29, 1.82) is 0 Å². The highest BCUT2D eigenvalue weighted by Gasteiger charge is 2.28. The largest absolute Gasteiger partial charge is 0.360 e. The van der Waals surface area contributed by atoms with Gasteiger partial charge >= 0.3 is 0 Å². The Balaban J connectivity index is 1.49. The summed E-state index contributed by atoms with van der Waals surface area (Å²) in [4.78, 5) is 38.6. The Kier molecular flexibility index (Phi) is 8.07. The summed E-state index contributed by atoms with van der Waals surface area (Å²) in [6, 6.07) is 7.55. The van der Waals surface area contributed by atoms with Crippen LogP contribution in [0.25, 0.3) is 11.0 Å². The maximum absolute atomic E-state index is 13.2. The number of benzene rings is 2. The summed E-state index contributed by atoms with van der Waals surface area (Å²) in [6.45, 7) is 11.7. The molecule has 0 saturated carbocycles. The van der Waals surface area contributed by atoms with Crippen molar-refractivity contribution in [2.45, 2.75) is 60.7 Å². The molecule has 0 radical (unpaired) electrons. The zero-order valence-electron chi connectivity index (χ0n) is 24.1. The number of aromatic nitrogens is 3. The second kappa shape index (κ2) is 11.3. The van der Waals surface area contributed by atoms with E-state index in [0.717, 1.165) is 44.4 Å². The van der Waals surface area contributed by atoms with Crippen LogP contribution in [0, 0.1) is 12.3 Å². The molecule has 2 aromatic heterocycles. The van der Waals surface area contributed by atoms with Gasteiger partial charge in [-0.1, -0.05) is 50.0 Å². The summed E-state index contributed by atoms with van der Waals surface area (Å²) in [5, 5.41) is 8.00. The Morgan fingerprint density at radius 3 is 2.54 bits per heavy atom. The number of nitrogens with zero attached hydrogens (tertiary/aromatic N) is 4. The van der Waals surface area contributed by atoms with E-state index in [-0.39, 0.29) is 11.8 Å². The maximum atomic E-state index is 13.2. The summed E-state index contributed by atoms with van der Waals surface area (Å²) in [6.07, 6.45) is 0.389. The number of hydrogen-bond donors (Lipinski definition) is 2. The highest BCUT2D eigenvalue weighted by atomic mass is 35.5. The van der Waals surface area contributed by atoms with Gasteiger partial charge in [0.05, 0.1) is 51.1 Å². The van der Waals surface area contributed by atoms with Gasteiger partial charge in [-0.05, 0) is 43.2 Å². The number of rotatable bonds is 7. The predicted octanol–water partition coefficient (Wildman–Crippen LogP) is 6.17. The van der Waals surface area contributed by atoms with Gasteiger partial charge in [0.1, 0.15) is 5.82 Å². The molecule has 8 nitrogen and oxygen atoms in total. The summed E-state index contributed by atoms with van der Waals surface area (Å²) in [7, 11) is 1.96. The smallest absolute Gasteiger partial charge is 0.253 e. The Morgan fingerprint density at radius 2 is 1.85 bits per heavy atom. The first-order valence-electron chi connectivity index (χ1n) is 13.6. The zero-order valence-corrected chi connectivity index (χ0v) is 26.4. The van der Waals surface area contributed by atoms with E-state index >= 15 is 0 Å². The lowest BCUT2D eigenvalue weighted by Gasteiger charge is -2.21. The molecule has 1 aliphatic heterocycles. The fraction of sp³-hybridized carbons (Fsp3) is 0.400. The van der Waals surface area contributed by atoms with E-state index in [1.165, 1.54) is 4.88 Å². The van der Waals surface area contributed by atoms with E-state index < -0.39 is 5.41 Å². The molecule has 0 atom stereocenters. The monoisotopic (exact) mass is 612 g/mol. The van der Waals surface area contributed by atoms with Crippen LogP contribution in [0.3, 0.4) is 0 Å². The number of hydrogen-bond acceptors (Lipinski definition) is 6. The van der Waals surface area contributed by atoms with Crippen LogP contribution in [-0.2, 0) is 37.9 Å². The quantitative estimate of drug-likeness (QED) is 0.260. The molecule has 216 valence electrons. The Hall–Kier alpha value is -3.14. The summed E-state index contributed by atoms with van der Waals surface area (Å²) in [5.41, 5.74) is 5.16. The number of anilines is 1. The Labute approximate surface area is 254 Å². The average Bonchev–Trinajstić information content (AvgIpc) is 3.55. The molecule has 11 heteroatoms. The molecule has 2 aromatic carbocycles. The van der Waals surface area contributed by atoms with Gasteiger partial charge in [-0.2, -0.15) is 0 Å². The zero-order chi connectivity index (χ0) is 29.6. The molecule has 0 bridgehead atoms. The molecule has 2 amide bonds.